The molecular weight excluding hydrogens is 578 g/mol. The molecule has 208 valence electrons. The van der Waals surface area contributed by atoms with Crippen LogP contribution in [0.1, 0.15) is 37.5 Å². The molecule has 0 heterocycles. The minimum Gasteiger partial charge on any atom is -0.354 e. The molecule has 0 fully saturated rings. The van der Waals surface area contributed by atoms with E-state index in [-0.39, 0.29) is 23.3 Å². The predicted octanol–water partition coefficient (Wildman–Crippen LogP) is 5.45. The third-order valence-corrected chi connectivity index (χ3v) is 8.48. The topological polar surface area (TPSA) is 86.8 Å². The molecule has 0 saturated carbocycles. The summed E-state index contributed by atoms with van der Waals surface area (Å²) >= 11 is 3.46. The number of amides is 2. The number of aryl methyl sites for hydroxylation is 2. The first-order valence-electron chi connectivity index (χ1n) is 12.9. The highest BCUT2D eigenvalue weighted by Crippen LogP contribution is 2.27. The number of sulfonamides is 1. The monoisotopic (exact) mass is 613 g/mol. The van der Waals surface area contributed by atoms with Crippen LogP contribution in [0.4, 0.5) is 5.69 Å². The Morgan fingerprint density at radius 3 is 2.13 bits per heavy atom. The van der Waals surface area contributed by atoms with E-state index >= 15 is 0 Å². The number of anilines is 1. The molecule has 0 radical (unpaired) electrons. The second-order valence-corrected chi connectivity index (χ2v) is 12.9. The van der Waals surface area contributed by atoms with Gasteiger partial charge in [-0.2, -0.15) is 0 Å². The van der Waals surface area contributed by atoms with Crippen molar-refractivity contribution in [2.24, 2.45) is 5.92 Å². The maximum Gasteiger partial charge on any atom is 0.264 e. The summed E-state index contributed by atoms with van der Waals surface area (Å²) in [7, 11) is -4.09. The van der Waals surface area contributed by atoms with E-state index in [2.05, 4.69) is 21.2 Å². The van der Waals surface area contributed by atoms with Crippen LogP contribution in [0.25, 0.3) is 0 Å². The van der Waals surface area contributed by atoms with Crippen molar-refractivity contribution in [1.29, 1.82) is 0 Å². The summed E-state index contributed by atoms with van der Waals surface area (Å²) in [6.07, 6.45) is 0. The van der Waals surface area contributed by atoms with Gasteiger partial charge in [-0.1, -0.05) is 66.2 Å². The first-order chi connectivity index (χ1) is 18.4. The summed E-state index contributed by atoms with van der Waals surface area (Å²) in [4.78, 5) is 28.6. The maximum absolute atomic E-state index is 14.0. The molecule has 0 spiro atoms. The fourth-order valence-corrected chi connectivity index (χ4v) is 6.08. The van der Waals surface area contributed by atoms with Gasteiger partial charge >= 0.3 is 0 Å². The van der Waals surface area contributed by atoms with Crippen molar-refractivity contribution in [3.63, 3.8) is 0 Å². The molecule has 3 aromatic carbocycles. The van der Waals surface area contributed by atoms with Crippen LogP contribution in [-0.4, -0.2) is 44.3 Å². The van der Waals surface area contributed by atoms with Crippen LogP contribution in [-0.2, 0) is 26.2 Å². The lowest BCUT2D eigenvalue weighted by atomic mass is 10.1. The van der Waals surface area contributed by atoms with E-state index in [0.29, 0.717) is 12.2 Å². The Morgan fingerprint density at radius 1 is 0.897 bits per heavy atom. The van der Waals surface area contributed by atoms with Crippen LogP contribution in [0.5, 0.6) is 0 Å². The molecule has 3 aromatic rings. The van der Waals surface area contributed by atoms with Crippen LogP contribution < -0.4 is 9.62 Å². The first-order valence-corrected chi connectivity index (χ1v) is 15.1. The Hall–Kier alpha value is -3.17. The smallest absolute Gasteiger partial charge is 0.264 e. The molecule has 39 heavy (non-hydrogen) atoms. The number of hydrogen-bond acceptors (Lipinski definition) is 4. The molecule has 1 N–H and O–H groups in total. The van der Waals surface area contributed by atoms with E-state index in [1.165, 1.54) is 17.0 Å². The van der Waals surface area contributed by atoms with Gasteiger partial charge in [-0.25, -0.2) is 8.42 Å². The summed E-state index contributed by atoms with van der Waals surface area (Å²) in [5, 5.41) is 2.90. The van der Waals surface area contributed by atoms with E-state index in [1.807, 2.05) is 58.0 Å². The maximum atomic E-state index is 14.0. The van der Waals surface area contributed by atoms with Crippen molar-refractivity contribution in [2.75, 3.05) is 17.4 Å². The molecule has 3 rings (SSSR count). The lowest BCUT2D eigenvalue weighted by molar-refractivity contribution is -0.139. The Kier molecular flexibility index (Phi) is 10.3. The number of hydrogen-bond donors (Lipinski definition) is 1. The van der Waals surface area contributed by atoms with Gasteiger partial charge in [0.15, 0.2) is 0 Å². The molecule has 1 atom stereocenters. The third-order valence-electron chi connectivity index (χ3n) is 6.20. The van der Waals surface area contributed by atoms with E-state index in [0.717, 1.165) is 25.5 Å². The average molecular weight is 615 g/mol. The number of nitrogens with one attached hydrogen (secondary N) is 1. The number of halogens is 1. The third kappa shape index (κ3) is 8.16. The van der Waals surface area contributed by atoms with E-state index in [9.17, 15) is 18.0 Å². The zero-order chi connectivity index (χ0) is 28.7. The fraction of sp³-hybridized carbons (Fsp3) is 0.333. The van der Waals surface area contributed by atoms with E-state index in [4.69, 9.17) is 0 Å². The summed E-state index contributed by atoms with van der Waals surface area (Å²) in [6.45, 7) is 9.56. The molecule has 0 aliphatic carbocycles. The minimum absolute atomic E-state index is 0.0817. The van der Waals surface area contributed by atoms with Gasteiger partial charge < -0.3 is 10.2 Å². The Labute approximate surface area is 240 Å². The Balaban J connectivity index is 2.03. The number of benzene rings is 3. The van der Waals surface area contributed by atoms with Crippen LogP contribution in [0.3, 0.4) is 0 Å². The van der Waals surface area contributed by atoms with Gasteiger partial charge in [-0.3, -0.25) is 13.9 Å². The van der Waals surface area contributed by atoms with Crippen molar-refractivity contribution < 1.29 is 18.0 Å². The van der Waals surface area contributed by atoms with Gasteiger partial charge in [-0.05, 0) is 79.8 Å². The quantitative estimate of drug-likeness (QED) is 0.311. The second kappa shape index (κ2) is 13.3. The summed E-state index contributed by atoms with van der Waals surface area (Å²) in [5.74, 6) is -0.539. The van der Waals surface area contributed by atoms with Gasteiger partial charge in [0.1, 0.15) is 12.6 Å². The van der Waals surface area contributed by atoms with Crippen molar-refractivity contribution in [3.8, 4) is 0 Å². The lowest BCUT2D eigenvalue weighted by Crippen LogP contribution is -2.51. The zero-order valence-corrected chi connectivity index (χ0v) is 25.4. The van der Waals surface area contributed by atoms with Crippen LogP contribution in [0, 0.1) is 19.8 Å². The number of carbonyl (C=O) groups is 2. The van der Waals surface area contributed by atoms with Gasteiger partial charge in [0.2, 0.25) is 11.8 Å². The van der Waals surface area contributed by atoms with E-state index in [1.54, 1.807) is 37.3 Å². The largest absolute Gasteiger partial charge is 0.354 e. The van der Waals surface area contributed by atoms with Crippen molar-refractivity contribution in [2.45, 2.75) is 52.1 Å². The predicted molar refractivity (Wildman–Crippen MR) is 159 cm³/mol. The molecule has 1 unspecified atom stereocenters. The molecule has 0 bridgehead atoms. The van der Waals surface area contributed by atoms with Gasteiger partial charge in [0.05, 0.1) is 10.6 Å². The van der Waals surface area contributed by atoms with Crippen LogP contribution in [0.15, 0.2) is 82.2 Å². The highest BCUT2D eigenvalue weighted by atomic mass is 79.9. The van der Waals surface area contributed by atoms with Gasteiger partial charge in [0.25, 0.3) is 10.0 Å². The highest BCUT2D eigenvalue weighted by molar-refractivity contribution is 9.10. The standard InChI is InChI=1S/C30H36BrN3O4S/c1-21(2)18-32-30(36)24(5)33(19-25-10-9-11-26(31)17-25)29(35)20-34(27-15-22(3)14-23(4)16-27)39(37,38)28-12-7-6-8-13-28/h6-17,21,24H,18-20H2,1-5H3,(H,32,36). The normalized spacial score (nSPS) is 12.2. The number of rotatable bonds is 11. The van der Waals surface area contributed by atoms with Crippen LogP contribution in [0.2, 0.25) is 0 Å². The molecule has 0 aromatic heterocycles. The zero-order valence-electron chi connectivity index (χ0n) is 23.0. The van der Waals surface area contributed by atoms with E-state index < -0.39 is 28.5 Å². The molecule has 0 saturated heterocycles. The number of carbonyl (C=O) groups excluding carboxylic acids is 2. The van der Waals surface area contributed by atoms with Crippen molar-refractivity contribution in [1.82, 2.24) is 10.2 Å². The second-order valence-electron chi connectivity index (χ2n) is 10.1. The average Bonchev–Trinajstić information content (AvgIpc) is 2.88. The fourth-order valence-electron chi connectivity index (χ4n) is 4.21. The molecule has 0 aliphatic heterocycles. The molecular formula is C30H36BrN3O4S. The van der Waals surface area contributed by atoms with Crippen LogP contribution >= 0.6 is 15.9 Å². The Morgan fingerprint density at radius 2 is 1.54 bits per heavy atom. The summed E-state index contributed by atoms with van der Waals surface area (Å²) in [5.41, 5.74) is 2.95. The molecule has 0 aliphatic rings. The Bertz CT molecular complexity index is 1390. The SMILES string of the molecule is Cc1cc(C)cc(N(CC(=O)N(Cc2cccc(Br)c2)C(C)C(=O)NCC(C)C)S(=O)(=O)c2ccccc2)c1. The minimum atomic E-state index is -4.09. The first kappa shape index (κ1) is 30.4. The van der Waals surface area contributed by atoms with Crippen molar-refractivity contribution in [3.05, 3.63) is 94.0 Å². The molecule has 7 nitrogen and oxygen atoms in total. The van der Waals surface area contributed by atoms with Crippen molar-refractivity contribution >= 4 is 43.5 Å². The molecule has 9 heteroatoms. The summed E-state index contributed by atoms with van der Waals surface area (Å²) < 4.78 is 29.7. The van der Waals surface area contributed by atoms with Gasteiger partial charge in [0, 0.05) is 17.6 Å². The number of nitrogens with zero attached hydrogens (tertiary/aromatic N) is 2. The van der Waals surface area contributed by atoms with Gasteiger partial charge in [-0.15, -0.1) is 0 Å². The molecule has 2 amide bonds. The highest BCUT2D eigenvalue weighted by Gasteiger charge is 2.32. The lowest BCUT2D eigenvalue weighted by Gasteiger charge is -2.32. The summed E-state index contributed by atoms with van der Waals surface area (Å²) in [6, 6.07) is 20.1.